The number of aldehydes is 1. The Morgan fingerprint density at radius 1 is 1.11 bits per heavy atom. The summed E-state index contributed by atoms with van der Waals surface area (Å²) in [6, 6.07) is 10.8. The van der Waals surface area contributed by atoms with Crippen LogP contribution in [0.3, 0.4) is 0 Å². The lowest BCUT2D eigenvalue weighted by molar-refractivity contribution is 0.0696. The molecule has 0 spiro atoms. The molecule has 0 amide bonds. The van der Waals surface area contributed by atoms with Gasteiger partial charge in [-0.1, -0.05) is 18.2 Å². The van der Waals surface area contributed by atoms with Crippen molar-refractivity contribution in [3.8, 4) is 16.9 Å². The number of rotatable bonds is 3. The molecule has 0 saturated heterocycles. The number of phenolic OH excluding ortho intramolecular Hbond substituents is 1. The van der Waals surface area contributed by atoms with Crippen LogP contribution in [0.15, 0.2) is 42.5 Å². The lowest BCUT2D eigenvalue weighted by Crippen LogP contribution is -1.95. The standard InChI is InChI=1S/C14H10O4/c15-8-9-2-1-3-10(6-9)12-5-4-11(14(17)18)7-13(12)16/h1-8,16H,(H,17,18). The lowest BCUT2D eigenvalue weighted by atomic mass is 10.0. The topological polar surface area (TPSA) is 74.6 Å². The SMILES string of the molecule is O=Cc1cccc(-c2ccc(C(=O)O)cc2O)c1. The van der Waals surface area contributed by atoms with Gasteiger partial charge in [-0.3, -0.25) is 4.79 Å². The van der Waals surface area contributed by atoms with E-state index in [1.807, 2.05) is 0 Å². The van der Waals surface area contributed by atoms with Gasteiger partial charge in [-0.2, -0.15) is 0 Å². The van der Waals surface area contributed by atoms with Crippen molar-refractivity contribution in [2.75, 3.05) is 0 Å². The van der Waals surface area contributed by atoms with Crippen molar-refractivity contribution in [3.63, 3.8) is 0 Å². The molecule has 0 unspecified atom stereocenters. The highest BCUT2D eigenvalue weighted by Gasteiger charge is 2.09. The Morgan fingerprint density at radius 2 is 1.89 bits per heavy atom. The molecule has 2 N–H and O–H groups in total. The van der Waals surface area contributed by atoms with Crippen LogP contribution < -0.4 is 0 Å². The van der Waals surface area contributed by atoms with Crippen LogP contribution in [0.2, 0.25) is 0 Å². The maximum Gasteiger partial charge on any atom is 0.335 e. The fourth-order valence-corrected chi connectivity index (χ4v) is 1.69. The Morgan fingerprint density at radius 3 is 2.50 bits per heavy atom. The van der Waals surface area contributed by atoms with Crippen LogP contribution in [0.25, 0.3) is 11.1 Å². The zero-order chi connectivity index (χ0) is 13.1. The zero-order valence-corrected chi connectivity index (χ0v) is 9.33. The largest absolute Gasteiger partial charge is 0.507 e. The van der Waals surface area contributed by atoms with Crippen LogP contribution >= 0.6 is 0 Å². The Bertz CT molecular complexity index is 617. The summed E-state index contributed by atoms with van der Waals surface area (Å²) < 4.78 is 0. The van der Waals surface area contributed by atoms with Crippen molar-refractivity contribution >= 4 is 12.3 Å². The smallest absolute Gasteiger partial charge is 0.335 e. The number of carbonyl (C=O) groups is 2. The average Bonchev–Trinajstić information content (AvgIpc) is 2.38. The molecule has 0 atom stereocenters. The maximum atomic E-state index is 10.7. The van der Waals surface area contributed by atoms with Gasteiger partial charge in [0.25, 0.3) is 0 Å². The van der Waals surface area contributed by atoms with E-state index >= 15 is 0 Å². The number of carboxylic acid groups (broad SMARTS) is 1. The Labute approximate surface area is 103 Å². The Balaban J connectivity index is 2.50. The predicted octanol–water partition coefficient (Wildman–Crippen LogP) is 2.57. The summed E-state index contributed by atoms with van der Waals surface area (Å²) in [6.07, 6.45) is 0.714. The van der Waals surface area contributed by atoms with Crippen LogP contribution in [-0.2, 0) is 0 Å². The van der Waals surface area contributed by atoms with Crippen LogP contribution in [-0.4, -0.2) is 22.5 Å². The fraction of sp³-hybridized carbons (Fsp3) is 0. The van der Waals surface area contributed by atoms with Gasteiger partial charge < -0.3 is 10.2 Å². The van der Waals surface area contributed by atoms with E-state index in [0.717, 1.165) is 0 Å². The second-order valence-corrected chi connectivity index (χ2v) is 3.78. The van der Waals surface area contributed by atoms with Crippen molar-refractivity contribution in [3.05, 3.63) is 53.6 Å². The van der Waals surface area contributed by atoms with Gasteiger partial charge in [-0.25, -0.2) is 4.79 Å². The first kappa shape index (κ1) is 11.9. The molecule has 2 rings (SSSR count). The number of carbonyl (C=O) groups excluding carboxylic acids is 1. The van der Waals surface area contributed by atoms with Gasteiger partial charge in [-0.15, -0.1) is 0 Å². The summed E-state index contributed by atoms with van der Waals surface area (Å²) in [5.74, 6) is -1.23. The molecule has 0 bridgehead atoms. The molecule has 0 aromatic heterocycles. The fourth-order valence-electron chi connectivity index (χ4n) is 1.69. The van der Waals surface area contributed by atoms with Gasteiger partial charge >= 0.3 is 5.97 Å². The van der Waals surface area contributed by atoms with Crippen molar-refractivity contribution in [1.29, 1.82) is 0 Å². The number of carboxylic acids is 1. The van der Waals surface area contributed by atoms with Crippen LogP contribution in [0.1, 0.15) is 20.7 Å². The third-order valence-corrected chi connectivity index (χ3v) is 2.58. The van der Waals surface area contributed by atoms with E-state index in [9.17, 15) is 14.7 Å². The maximum absolute atomic E-state index is 10.7. The third-order valence-electron chi connectivity index (χ3n) is 2.58. The van der Waals surface area contributed by atoms with E-state index in [0.29, 0.717) is 23.0 Å². The first-order valence-corrected chi connectivity index (χ1v) is 5.24. The third kappa shape index (κ3) is 2.22. The number of aromatic carboxylic acids is 1. The van der Waals surface area contributed by atoms with E-state index < -0.39 is 5.97 Å². The van der Waals surface area contributed by atoms with E-state index in [2.05, 4.69) is 0 Å². The minimum atomic E-state index is -1.10. The highest BCUT2D eigenvalue weighted by molar-refractivity contribution is 5.90. The van der Waals surface area contributed by atoms with E-state index in [1.165, 1.54) is 18.2 Å². The van der Waals surface area contributed by atoms with Gasteiger partial charge in [0, 0.05) is 11.1 Å². The number of hydrogen-bond donors (Lipinski definition) is 2. The van der Waals surface area contributed by atoms with Gasteiger partial charge in [0.2, 0.25) is 0 Å². The van der Waals surface area contributed by atoms with Crippen molar-refractivity contribution in [2.24, 2.45) is 0 Å². The summed E-state index contributed by atoms with van der Waals surface area (Å²) in [5, 5.41) is 18.6. The average molecular weight is 242 g/mol. The molecule has 18 heavy (non-hydrogen) atoms. The van der Waals surface area contributed by atoms with Crippen molar-refractivity contribution < 1.29 is 19.8 Å². The zero-order valence-electron chi connectivity index (χ0n) is 9.33. The molecular weight excluding hydrogens is 232 g/mol. The second-order valence-electron chi connectivity index (χ2n) is 3.78. The summed E-state index contributed by atoms with van der Waals surface area (Å²) in [6.45, 7) is 0. The molecule has 0 saturated carbocycles. The summed E-state index contributed by atoms with van der Waals surface area (Å²) in [7, 11) is 0. The van der Waals surface area contributed by atoms with Gasteiger partial charge in [-0.05, 0) is 29.8 Å². The Kier molecular flexibility index (Phi) is 3.10. The van der Waals surface area contributed by atoms with Crippen molar-refractivity contribution in [1.82, 2.24) is 0 Å². The summed E-state index contributed by atoms with van der Waals surface area (Å²) in [4.78, 5) is 21.4. The highest BCUT2D eigenvalue weighted by Crippen LogP contribution is 2.30. The number of aromatic hydroxyl groups is 1. The van der Waals surface area contributed by atoms with Gasteiger partial charge in [0.05, 0.1) is 5.56 Å². The number of benzene rings is 2. The quantitative estimate of drug-likeness (QED) is 0.811. The first-order valence-electron chi connectivity index (χ1n) is 5.24. The molecule has 4 nitrogen and oxygen atoms in total. The molecule has 4 heteroatoms. The minimum Gasteiger partial charge on any atom is -0.507 e. The van der Waals surface area contributed by atoms with E-state index in [-0.39, 0.29) is 11.3 Å². The molecule has 2 aromatic rings. The minimum absolute atomic E-state index is 0.0165. The normalized spacial score (nSPS) is 10.0. The molecule has 0 heterocycles. The van der Waals surface area contributed by atoms with E-state index in [4.69, 9.17) is 5.11 Å². The highest BCUT2D eigenvalue weighted by atomic mass is 16.4. The summed E-state index contributed by atoms with van der Waals surface area (Å²) >= 11 is 0. The molecule has 90 valence electrons. The van der Waals surface area contributed by atoms with E-state index in [1.54, 1.807) is 24.3 Å². The summed E-state index contributed by atoms with van der Waals surface area (Å²) in [5.41, 5.74) is 1.66. The molecule has 2 aromatic carbocycles. The second kappa shape index (κ2) is 4.71. The molecular formula is C14H10O4. The van der Waals surface area contributed by atoms with Gasteiger partial charge in [0.15, 0.2) is 0 Å². The first-order chi connectivity index (χ1) is 8.61. The molecule has 0 aliphatic heterocycles. The number of phenols is 1. The van der Waals surface area contributed by atoms with Crippen LogP contribution in [0.5, 0.6) is 5.75 Å². The molecule has 0 aliphatic rings. The monoisotopic (exact) mass is 242 g/mol. The van der Waals surface area contributed by atoms with Crippen molar-refractivity contribution in [2.45, 2.75) is 0 Å². The number of hydrogen-bond acceptors (Lipinski definition) is 3. The van der Waals surface area contributed by atoms with Crippen LogP contribution in [0.4, 0.5) is 0 Å². The van der Waals surface area contributed by atoms with Crippen LogP contribution in [0, 0.1) is 0 Å². The molecule has 0 aliphatic carbocycles. The Hall–Kier alpha value is -2.62. The lowest BCUT2D eigenvalue weighted by Gasteiger charge is -2.06. The predicted molar refractivity (Wildman–Crippen MR) is 65.9 cm³/mol. The molecule has 0 radical (unpaired) electrons. The van der Waals surface area contributed by atoms with Gasteiger partial charge in [0.1, 0.15) is 12.0 Å². The molecule has 0 fully saturated rings.